The summed E-state index contributed by atoms with van der Waals surface area (Å²) in [6.07, 6.45) is 4.15. The number of nitrogens with zero attached hydrogens (tertiary/aromatic N) is 2. The summed E-state index contributed by atoms with van der Waals surface area (Å²) >= 11 is 3.27. The first kappa shape index (κ1) is 11.9. The van der Waals surface area contributed by atoms with Crippen molar-refractivity contribution in [2.45, 2.75) is 13.3 Å². The first-order valence-corrected chi connectivity index (χ1v) is 6.02. The zero-order chi connectivity index (χ0) is 12.3. The van der Waals surface area contributed by atoms with Gasteiger partial charge in [-0.25, -0.2) is 9.97 Å². The van der Waals surface area contributed by atoms with E-state index < -0.39 is 0 Å². The summed E-state index contributed by atoms with van der Waals surface area (Å²) in [6.45, 7) is 2.06. The fraction of sp³-hybridized carbons (Fsp3) is 0.167. The monoisotopic (exact) mass is 293 g/mol. The Balaban J connectivity index is 2.28. The summed E-state index contributed by atoms with van der Waals surface area (Å²) in [5.74, 6) is 0.704. The van der Waals surface area contributed by atoms with Gasteiger partial charge in [-0.1, -0.05) is 13.0 Å². The third kappa shape index (κ3) is 2.94. The van der Waals surface area contributed by atoms with E-state index in [4.69, 9.17) is 10.5 Å². The van der Waals surface area contributed by atoms with Crippen LogP contribution in [0.4, 0.5) is 5.69 Å². The number of aromatic nitrogens is 2. The number of rotatable bonds is 3. The van der Waals surface area contributed by atoms with Gasteiger partial charge in [-0.3, -0.25) is 0 Å². The number of anilines is 1. The van der Waals surface area contributed by atoms with Gasteiger partial charge in [0.1, 0.15) is 5.75 Å². The van der Waals surface area contributed by atoms with E-state index in [0.717, 1.165) is 16.5 Å². The molecule has 0 aliphatic heterocycles. The lowest BCUT2D eigenvalue weighted by Gasteiger charge is -2.09. The van der Waals surface area contributed by atoms with Crippen molar-refractivity contribution in [3.63, 3.8) is 0 Å². The van der Waals surface area contributed by atoms with Crippen LogP contribution < -0.4 is 10.5 Å². The van der Waals surface area contributed by atoms with Gasteiger partial charge >= 0.3 is 6.01 Å². The molecular formula is C12H12BrN3O. The summed E-state index contributed by atoms with van der Waals surface area (Å²) in [7, 11) is 0. The highest BCUT2D eigenvalue weighted by molar-refractivity contribution is 9.10. The first-order chi connectivity index (χ1) is 8.19. The molecule has 2 aromatic rings. The standard InChI is InChI=1S/C12H12BrN3O/c1-2-8-3-4-10(14)5-11(8)17-12-15-6-9(13)7-16-12/h3-7H,2,14H2,1H3. The Morgan fingerprint density at radius 2 is 2.00 bits per heavy atom. The van der Waals surface area contributed by atoms with E-state index in [1.54, 1.807) is 18.5 Å². The number of benzene rings is 1. The number of halogens is 1. The molecule has 0 bridgehead atoms. The fourth-order valence-corrected chi connectivity index (χ4v) is 1.61. The van der Waals surface area contributed by atoms with Crippen LogP contribution in [0.15, 0.2) is 35.1 Å². The van der Waals surface area contributed by atoms with E-state index in [1.807, 2.05) is 12.1 Å². The second kappa shape index (κ2) is 5.14. The molecule has 0 atom stereocenters. The van der Waals surface area contributed by atoms with E-state index >= 15 is 0 Å². The van der Waals surface area contributed by atoms with Gasteiger partial charge < -0.3 is 10.5 Å². The molecule has 0 aliphatic carbocycles. The SMILES string of the molecule is CCc1ccc(N)cc1Oc1ncc(Br)cn1. The van der Waals surface area contributed by atoms with Crippen molar-refractivity contribution < 1.29 is 4.74 Å². The lowest BCUT2D eigenvalue weighted by atomic mass is 10.1. The first-order valence-electron chi connectivity index (χ1n) is 5.23. The van der Waals surface area contributed by atoms with Crippen LogP contribution in [-0.2, 0) is 6.42 Å². The molecule has 4 nitrogen and oxygen atoms in total. The third-order valence-electron chi connectivity index (χ3n) is 2.27. The summed E-state index contributed by atoms with van der Waals surface area (Å²) < 4.78 is 6.43. The van der Waals surface area contributed by atoms with Crippen LogP contribution in [0.1, 0.15) is 12.5 Å². The molecule has 5 heteroatoms. The second-order valence-corrected chi connectivity index (χ2v) is 4.42. The van der Waals surface area contributed by atoms with E-state index in [1.165, 1.54) is 0 Å². The number of hydrogen-bond acceptors (Lipinski definition) is 4. The van der Waals surface area contributed by atoms with Crippen molar-refractivity contribution in [3.8, 4) is 11.8 Å². The maximum atomic E-state index is 5.73. The molecule has 0 saturated heterocycles. The smallest absolute Gasteiger partial charge is 0.321 e. The third-order valence-corrected chi connectivity index (χ3v) is 2.68. The van der Waals surface area contributed by atoms with Crippen LogP contribution in [0.5, 0.6) is 11.8 Å². The van der Waals surface area contributed by atoms with Crippen LogP contribution in [0.3, 0.4) is 0 Å². The molecule has 2 rings (SSSR count). The summed E-state index contributed by atoms with van der Waals surface area (Å²) in [5, 5.41) is 0. The topological polar surface area (TPSA) is 61.0 Å². The Labute approximate surface area is 108 Å². The lowest BCUT2D eigenvalue weighted by molar-refractivity contribution is 0.437. The summed E-state index contributed by atoms with van der Waals surface area (Å²) in [6, 6.07) is 5.90. The van der Waals surface area contributed by atoms with E-state index in [-0.39, 0.29) is 0 Å². The lowest BCUT2D eigenvalue weighted by Crippen LogP contribution is -1.96. The highest BCUT2D eigenvalue weighted by atomic mass is 79.9. The van der Waals surface area contributed by atoms with Gasteiger partial charge in [0.05, 0.1) is 4.47 Å². The van der Waals surface area contributed by atoms with Gasteiger partial charge in [0.2, 0.25) is 0 Å². The maximum absolute atomic E-state index is 5.73. The zero-order valence-corrected chi connectivity index (χ0v) is 10.9. The molecule has 17 heavy (non-hydrogen) atoms. The highest BCUT2D eigenvalue weighted by Gasteiger charge is 2.06. The second-order valence-electron chi connectivity index (χ2n) is 3.51. The molecule has 0 radical (unpaired) electrons. The van der Waals surface area contributed by atoms with Crippen LogP contribution >= 0.6 is 15.9 Å². The van der Waals surface area contributed by atoms with Crippen LogP contribution in [0, 0.1) is 0 Å². The van der Waals surface area contributed by atoms with Crippen LogP contribution in [0.25, 0.3) is 0 Å². The Bertz CT molecular complexity index is 514. The molecule has 0 unspecified atom stereocenters. The van der Waals surface area contributed by atoms with Crippen molar-refractivity contribution in [2.24, 2.45) is 0 Å². The summed E-state index contributed by atoms with van der Waals surface area (Å²) in [4.78, 5) is 8.12. The van der Waals surface area contributed by atoms with Gasteiger partial charge in [-0.05, 0) is 34.0 Å². The molecule has 2 N–H and O–H groups in total. The minimum Gasteiger partial charge on any atom is -0.424 e. The average Bonchev–Trinajstić information content (AvgIpc) is 2.32. The summed E-state index contributed by atoms with van der Waals surface area (Å²) in [5.41, 5.74) is 7.47. The molecule has 0 aliphatic rings. The number of nitrogen functional groups attached to an aromatic ring is 1. The van der Waals surface area contributed by atoms with Gasteiger partial charge in [-0.15, -0.1) is 0 Å². The van der Waals surface area contributed by atoms with E-state index in [9.17, 15) is 0 Å². The fourth-order valence-electron chi connectivity index (χ4n) is 1.41. The molecular weight excluding hydrogens is 282 g/mol. The largest absolute Gasteiger partial charge is 0.424 e. The molecule has 0 spiro atoms. The molecule has 1 aromatic heterocycles. The zero-order valence-electron chi connectivity index (χ0n) is 9.35. The Kier molecular flexibility index (Phi) is 3.58. The predicted molar refractivity (Wildman–Crippen MR) is 70.0 cm³/mol. The Hall–Kier alpha value is -1.62. The number of hydrogen-bond donors (Lipinski definition) is 1. The van der Waals surface area contributed by atoms with Crippen molar-refractivity contribution in [2.75, 3.05) is 5.73 Å². The quantitative estimate of drug-likeness (QED) is 0.883. The molecule has 88 valence electrons. The highest BCUT2D eigenvalue weighted by Crippen LogP contribution is 2.26. The van der Waals surface area contributed by atoms with Crippen molar-refractivity contribution >= 4 is 21.6 Å². The minimum absolute atomic E-state index is 0.313. The predicted octanol–water partition coefficient (Wildman–Crippen LogP) is 3.18. The van der Waals surface area contributed by atoms with E-state index in [2.05, 4.69) is 32.8 Å². The normalized spacial score (nSPS) is 10.2. The molecule has 0 saturated carbocycles. The van der Waals surface area contributed by atoms with Gasteiger partial charge in [0.25, 0.3) is 0 Å². The van der Waals surface area contributed by atoms with Crippen LogP contribution in [0.2, 0.25) is 0 Å². The van der Waals surface area contributed by atoms with Gasteiger partial charge in [0, 0.05) is 24.1 Å². The van der Waals surface area contributed by atoms with Crippen molar-refractivity contribution in [1.82, 2.24) is 9.97 Å². The molecule has 0 amide bonds. The van der Waals surface area contributed by atoms with Crippen LogP contribution in [-0.4, -0.2) is 9.97 Å². The van der Waals surface area contributed by atoms with Gasteiger partial charge in [0.15, 0.2) is 0 Å². The van der Waals surface area contributed by atoms with Gasteiger partial charge in [-0.2, -0.15) is 0 Å². The molecule has 1 heterocycles. The van der Waals surface area contributed by atoms with Crippen molar-refractivity contribution in [1.29, 1.82) is 0 Å². The van der Waals surface area contributed by atoms with Crippen molar-refractivity contribution in [3.05, 3.63) is 40.6 Å². The average molecular weight is 294 g/mol. The number of aryl methyl sites for hydroxylation is 1. The Morgan fingerprint density at radius 3 is 2.65 bits per heavy atom. The Morgan fingerprint density at radius 1 is 1.29 bits per heavy atom. The maximum Gasteiger partial charge on any atom is 0.321 e. The van der Waals surface area contributed by atoms with E-state index in [0.29, 0.717) is 17.4 Å². The number of ether oxygens (including phenoxy) is 1. The molecule has 1 aromatic carbocycles. The minimum atomic E-state index is 0.313. The number of nitrogens with two attached hydrogens (primary N) is 1. The molecule has 0 fully saturated rings.